The lowest BCUT2D eigenvalue weighted by Gasteiger charge is -2.09. The molecule has 1 aliphatic carbocycles. The van der Waals surface area contributed by atoms with Crippen molar-refractivity contribution in [2.75, 3.05) is 0 Å². The summed E-state index contributed by atoms with van der Waals surface area (Å²) in [6.45, 7) is 2.17. The second-order valence-corrected chi connectivity index (χ2v) is 4.94. The maximum Gasteiger partial charge on any atom is 0.159 e. The van der Waals surface area contributed by atoms with Crippen molar-refractivity contribution in [1.82, 2.24) is 0 Å². The monoisotopic (exact) mass is 260 g/mol. The summed E-state index contributed by atoms with van der Waals surface area (Å²) < 4.78 is 25.6. The van der Waals surface area contributed by atoms with E-state index in [-0.39, 0.29) is 4.83 Å². The Morgan fingerprint density at radius 3 is 2.50 bits per heavy atom. The zero-order valence-corrected chi connectivity index (χ0v) is 9.39. The molecular formula is C11H11BrF2. The average molecular weight is 261 g/mol. The fraction of sp³-hybridized carbons (Fsp3) is 0.455. The molecule has 0 nitrogen and oxygen atoms in total. The van der Waals surface area contributed by atoms with Crippen LogP contribution in [0.5, 0.6) is 0 Å². The van der Waals surface area contributed by atoms with Crippen molar-refractivity contribution in [1.29, 1.82) is 0 Å². The van der Waals surface area contributed by atoms with E-state index < -0.39 is 11.6 Å². The van der Waals surface area contributed by atoms with Crippen molar-refractivity contribution < 1.29 is 8.78 Å². The van der Waals surface area contributed by atoms with Crippen LogP contribution in [-0.2, 0) is 0 Å². The Balaban J connectivity index is 2.20. The second kappa shape index (κ2) is 3.61. The molecule has 0 saturated heterocycles. The zero-order chi connectivity index (χ0) is 10.3. The van der Waals surface area contributed by atoms with Crippen LogP contribution in [0.2, 0.25) is 0 Å². The fourth-order valence-corrected chi connectivity index (χ4v) is 2.71. The molecular weight excluding hydrogens is 250 g/mol. The van der Waals surface area contributed by atoms with Gasteiger partial charge in [0.25, 0.3) is 0 Å². The molecule has 1 aliphatic rings. The maximum absolute atomic E-state index is 12.9. The van der Waals surface area contributed by atoms with Crippen LogP contribution in [0, 0.1) is 23.5 Å². The first-order valence-corrected chi connectivity index (χ1v) is 5.60. The first kappa shape index (κ1) is 10.1. The van der Waals surface area contributed by atoms with E-state index in [4.69, 9.17) is 0 Å². The summed E-state index contributed by atoms with van der Waals surface area (Å²) in [5.74, 6) is -0.287. The van der Waals surface area contributed by atoms with E-state index in [1.807, 2.05) is 0 Å². The summed E-state index contributed by atoms with van der Waals surface area (Å²) in [7, 11) is 0. The van der Waals surface area contributed by atoms with Crippen LogP contribution in [0.3, 0.4) is 0 Å². The SMILES string of the molecule is CC1CC1C(Br)c1ccc(F)c(F)c1. The number of alkyl halides is 1. The van der Waals surface area contributed by atoms with Crippen LogP contribution in [0.1, 0.15) is 23.7 Å². The van der Waals surface area contributed by atoms with Crippen molar-refractivity contribution >= 4 is 15.9 Å². The van der Waals surface area contributed by atoms with Gasteiger partial charge >= 0.3 is 0 Å². The summed E-state index contributed by atoms with van der Waals surface area (Å²) in [5.41, 5.74) is 0.832. The van der Waals surface area contributed by atoms with Crippen molar-refractivity contribution in [3.63, 3.8) is 0 Å². The zero-order valence-electron chi connectivity index (χ0n) is 7.81. The topological polar surface area (TPSA) is 0 Å². The van der Waals surface area contributed by atoms with Gasteiger partial charge in [0.1, 0.15) is 0 Å². The lowest BCUT2D eigenvalue weighted by atomic mass is 10.1. The van der Waals surface area contributed by atoms with Crippen molar-refractivity contribution in [3.8, 4) is 0 Å². The fourth-order valence-electron chi connectivity index (χ4n) is 1.69. The van der Waals surface area contributed by atoms with Crippen LogP contribution in [0.15, 0.2) is 18.2 Å². The summed E-state index contributed by atoms with van der Waals surface area (Å²) in [6, 6.07) is 4.11. The lowest BCUT2D eigenvalue weighted by molar-refractivity contribution is 0.506. The second-order valence-electron chi connectivity index (χ2n) is 3.95. The van der Waals surface area contributed by atoms with E-state index in [0.29, 0.717) is 11.8 Å². The molecule has 3 heteroatoms. The Morgan fingerprint density at radius 1 is 1.36 bits per heavy atom. The van der Waals surface area contributed by atoms with Crippen molar-refractivity contribution in [3.05, 3.63) is 35.4 Å². The minimum atomic E-state index is -0.780. The first-order chi connectivity index (χ1) is 6.59. The van der Waals surface area contributed by atoms with E-state index in [0.717, 1.165) is 12.0 Å². The summed E-state index contributed by atoms with van der Waals surface area (Å²) >= 11 is 3.52. The van der Waals surface area contributed by atoms with Gasteiger partial charge in [-0.15, -0.1) is 0 Å². The number of benzene rings is 1. The predicted octanol–water partition coefficient (Wildman–Crippen LogP) is 4.06. The van der Waals surface area contributed by atoms with Gasteiger partial charge in [-0.1, -0.05) is 28.9 Å². The van der Waals surface area contributed by atoms with Gasteiger partial charge in [-0.2, -0.15) is 0 Å². The van der Waals surface area contributed by atoms with Crippen LogP contribution < -0.4 is 0 Å². The number of hydrogen-bond acceptors (Lipinski definition) is 0. The first-order valence-electron chi connectivity index (χ1n) is 4.68. The highest BCUT2D eigenvalue weighted by atomic mass is 79.9. The highest BCUT2D eigenvalue weighted by Crippen LogP contribution is 2.51. The van der Waals surface area contributed by atoms with Crippen molar-refractivity contribution in [2.24, 2.45) is 11.8 Å². The molecule has 0 aliphatic heterocycles. The largest absolute Gasteiger partial charge is 0.204 e. The third kappa shape index (κ3) is 1.83. The Labute approximate surface area is 90.4 Å². The molecule has 1 fully saturated rings. The van der Waals surface area contributed by atoms with Gasteiger partial charge in [-0.3, -0.25) is 0 Å². The molecule has 1 saturated carbocycles. The summed E-state index contributed by atoms with van der Waals surface area (Å²) in [4.78, 5) is 0.160. The van der Waals surface area contributed by atoms with Gasteiger partial charge in [0.05, 0.1) is 0 Å². The molecule has 0 aromatic heterocycles. The van der Waals surface area contributed by atoms with Gasteiger partial charge in [-0.05, 0) is 36.0 Å². The molecule has 76 valence electrons. The Hall–Kier alpha value is -0.440. The molecule has 3 atom stereocenters. The number of rotatable bonds is 2. The van der Waals surface area contributed by atoms with Gasteiger partial charge in [0, 0.05) is 4.83 Å². The molecule has 0 bridgehead atoms. The quantitative estimate of drug-likeness (QED) is 0.704. The summed E-state index contributed by atoms with van der Waals surface area (Å²) in [5, 5.41) is 0. The van der Waals surface area contributed by atoms with E-state index >= 15 is 0 Å². The predicted molar refractivity (Wildman–Crippen MR) is 55.3 cm³/mol. The van der Waals surface area contributed by atoms with E-state index in [9.17, 15) is 8.78 Å². The van der Waals surface area contributed by atoms with Gasteiger partial charge in [0.15, 0.2) is 11.6 Å². The molecule has 0 amide bonds. The van der Waals surface area contributed by atoms with Crippen molar-refractivity contribution in [2.45, 2.75) is 18.2 Å². The van der Waals surface area contributed by atoms with Crippen LogP contribution in [0.25, 0.3) is 0 Å². The molecule has 0 N–H and O–H groups in total. The Bertz CT molecular complexity index is 351. The summed E-state index contributed by atoms with van der Waals surface area (Å²) in [6.07, 6.45) is 1.16. The van der Waals surface area contributed by atoms with Crippen LogP contribution in [0.4, 0.5) is 8.78 Å². The molecule has 0 radical (unpaired) electrons. The minimum absolute atomic E-state index is 0.160. The maximum atomic E-state index is 12.9. The van der Waals surface area contributed by atoms with Gasteiger partial charge in [-0.25, -0.2) is 8.78 Å². The van der Waals surface area contributed by atoms with E-state index in [1.165, 1.54) is 12.1 Å². The third-order valence-electron chi connectivity index (χ3n) is 2.81. The lowest BCUT2D eigenvalue weighted by Crippen LogP contribution is -1.96. The Kier molecular flexibility index (Phi) is 2.60. The Morgan fingerprint density at radius 2 is 2.00 bits per heavy atom. The highest BCUT2D eigenvalue weighted by Gasteiger charge is 2.38. The number of hydrogen-bond donors (Lipinski definition) is 0. The average Bonchev–Trinajstić information content (AvgIpc) is 2.86. The normalized spacial score (nSPS) is 27.4. The van der Waals surface area contributed by atoms with Gasteiger partial charge in [0.2, 0.25) is 0 Å². The van der Waals surface area contributed by atoms with Gasteiger partial charge < -0.3 is 0 Å². The smallest absolute Gasteiger partial charge is 0.159 e. The molecule has 0 heterocycles. The highest BCUT2D eigenvalue weighted by molar-refractivity contribution is 9.09. The standard InChI is InChI=1S/C11H11BrF2/c1-6-4-8(6)11(12)7-2-3-9(13)10(14)5-7/h2-3,5-6,8,11H,4H2,1H3. The minimum Gasteiger partial charge on any atom is -0.204 e. The molecule has 1 aromatic rings. The van der Waals surface area contributed by atoms with Crippen LogP contribution >= 0.6 is 15.9 Å². The number of halogens is 3. The molecule has 14 heavy (non-hydrogen) atoms. The molecule has 0 spiro atoms. The molecule has 2 rings (SSSR count). The third-order valence-corrected chi connectivity index (χ3v) is 4.02. The molecule has 1 aromatic carbocycles. The van der Waals surface area contributed by atoms with Crippen LogP contribution in [-0.4, -0.2) is 0 Å². The molecule has 3 unspecified atom stereocenters. The van der Waals surface area contributed by atoms with E-state index in [2.05, 4.69) is 22.9 Å². The van der Waals surface area contributed by atoms with E-state index in [1.54, 1.807) is 6.07 Å².